The van der Waals surface area contributed by atoms with Crippen molar-refractivity contribution >= 4 is 17.7 Å². The third-order valence-corrected chi connectivity index (χ3v) is 3.25. The molecule has 0 spiro atoms. The molecule has 18 heavy (non-hydrogen) atoms. The van der Waals surface area contributed by atoms with Crippen molar-refractivity contribution in [1.82, 2.24) is 24.5 Å². The van der Waals surface area contributed by atoms with Crippen LogP contribution in [-0.4, -0.2) is 41.4 Å². The van der Waals surface area contributed by atoms with Gasteiger partial charge < -0.3 is 9.67 Å². The number of nitrogens with zero attached hydrogens (tertiary/aromatic N) is 5. The van der Waals surface area contributed by atoms with Gasteiger partial charge in [0.15, 0.2) is 5.16 Å². The van der Waals surface area contributed by atoms with Crippen LogP contribution in [0.3, 0.4) is 0 Å². The van der Waals surface area contributed by atoms with Crippen molar-refractivity contribution in [2.24, 2.45) is 0 Å². The molecule has 0 fully saturated rings. The maximum absolute atomic E-state index is 10.5. The quantitative estimate of drug-likeness (QED) is 0.745. The van der Waals surface area contributed by atoms with Gasteiger partial charge in [-0.05, 0) is 6.42 Å². The van der Waals surface area contributed by atoms with E-state index in [0.717, 1.165) is 24.7 Å². The van der Waals surface area contributed by atoms with E-state index >= 15 is 0 Å². The molecule has 7 nitrogen and oxygen atoms in total. The predicted octanol–water partition coefficient (Wildman–Crippen LogP) is 0.742. The van der Waals surface area contributed by atoms with Gasteiger partial charge in [-0.2, -0.15) is 0 Å². The zero-order valence-corrected chi connectivity index (χ0v) is 10.5. The number of rotatable bonds is 7. The summed E-state index contributed by atoms with van der Waals surface area (Å²) in [6.07, 6.45) is 7.88. The first-order valence-corrected chi connectivity index (χ1v) is 6.44. The van der Waals surface area contributed by atoms with Crippen LogP contribution in [0.15, 0.2) is 29.9 Å². The zero-order chi connectivity index (χ0) is 12.8. The second-order valence-electron chi connectivity index (χ2n) is 3.61. The maximum Gasteiger partial charge on any atom is 0.313 e. The lowest BCUT2D eigenvalue weighted by molar-refractivity contribution is -0.133. The molecule has 0 aliphatic carbocycles. The van der Waals surface area contributed by atoms with Crippen molar-refractivity contribution in [3.05, 3.63) is 24.8 Å². The lowest BCUT2D eigenvalue weighted by atomic mass is 10.4. The number of hydrogen-bond donors (Lipinski definition) is 1. The lowest BCUT2D eigenvalue weighted by Crippen LogP contribution is -2.06. The number of aromatic nitrogens is 5. The van der Waals surface area contributed by atoms with E-state index in [-0.39, 0.29) is 5.75 Å². The second-order valence-corrected chi connectivity index (χ2v) is 4.55. The molecule has 0 radical (unpaired) electrons. The van der Waals surface area contributed by atoms with E-state index in [9.17, 15) is 4.79 Å². The number of carboxylic acids is 1. The van der Waals surface area contributed by atoms with Crippen LogP contribution in [0.4, 0.5) is 0 Å². The molecule has 0 saturated carbocycles. The largest absolute Gasteiger partial charge is 0.481 e. The minimum Gasteiger partial charge on any atom is -0.481 e. The smallest absolute Gasteiger partial charge is 0.313 e. The first kappa shape index (κ1) is 12.6. The average Bonchev–Trinajstić information content (AvgIpc) is 2.97. The fourth-order valence-corrected chi connectivity index (χ4v) is 2.19. The van der Waals surface area contributed by atoms with Crippen molar-refractivity contribution in [1.29, 1.82) is 0 Å². The normalized spacial score (nSPS) is 10.7. The van der Waals surface area contributed by atoms with Crippen LogP contribution < -0.4 is 0 Å². The Labute approximate surface area is 108 Å². The standard InChI is InChI=1S/C10H13N5O2S/c16-9(17)8-18-10-11-2-6-14(10)4-1-5-15-7-3-12-13-15/h2-3,6-7H,1,4-5,8H2,(H,16,17). The number of carboxylic acid groups (broad SMARTS) is 1. The van der Waals surface area contributed by atoms with Crippen molar-refractivity contribution in [3.63, 3.8) is 0 Å². The van der Waals surface area contributed by atoms with Gasteiger partial charge in [0.1, 0.15) is 0 Å². The highest BCUT2D eigenvalue weighted by Crippen LogP contribution is 2.15. The molecule has 96 valence electrons. The summed E-state index contributed by atoms with van der Waals surface area (Å²) in [6, 6.07) is 0. The summed E-state index contributed by atoms with van der Waals surface area (Å²) in [5, 5.41) is 17.0. The molecule has 0 bridgehead atoms. The Kier molecular flexibility index (Phi) is 4.35. The summed E-state index contributed by atoms with van der Waals surface area (Å²) in [6.45, 7) is 1.56. The predicted molar refractivity (Wildman–Crippen MR) is 65.2 cm³/mol. The van der Waals surface area contributed by atoms with Gasteiger partial charge in [0, 0.05) is 31.7 Å². The van der Waals surface area contributed by atoms with Crippen molar-refractivity contribution in [2.45, 2.75) is 24.7 Å². The van der Waals surface area contributed by atoms with Crippen LogP contribution in [0.25, 0.3) is 0 Å². The Balaban J connectivity index is 1.82. The van der Waals surface area contributed by atoms with Crippen molar-refractivity contribution in [2.75, 3.05) is 5.75 Å². The summed E-state index contributed by atoms with van der Waals surface area (Å²) in [5.74, 6) is -0.808. The highest BCUT2D eigenvalue weighted by molar-refractivity contribution is 7.99. The molecular formula is C10H13N5O2S. The minimum absolute atomic E-state index is 0.0279. The maximum atomic E-state index is 10.5. The van der Waals surface area contributed by atoms with Crippen LogP contribution in [0.5, 0.6) is 0 Å². The van der Waals surface area contributed by atoms with Gasteiger partial charge in [-0.3, -0.25) is 9.48 Å². The van der Waals surface area contributed by atoms with E-state index in [4.69, 9.17) is 5.11 Å². The van der Waals surface area contributed by atoms with Gasteiger partial charge in [0.25, 0.3) is 0 Å². The number of aryl methyl sites for hydroxylation is 2. The summed E-state index contributed by atoms with van der Waals surface area (Å²) in [7, 11) is 0. The fourth-order valence-electron chi connectivity index (χ4n) is 1.49. The molecular weight excluding hydrogens is 254 g/mol. The van der Waals surface area contributed by atoms with E-state index in [0.29, 0.717) is 0 Å². The van der Waals surface area contributed by atoms with Crippen LogP contribution in [0.2, 0.25) is 0 Å². The van der Waals surface area contributed by atoms with E-state index < -0.39 is 5.97 Å². The van der Waals surface area contributed by atoms with Crippen molar-refractivity contribution in [3.8, 4) is 0 Å². The topological polar surface area (TPSA) is 85.8 Å². The van der Waals surface area contributed by atoms with Gasteiger partial charge in [0.2, 0.25) is 0 Å². The fraction of sp³-hybridized carbons (Fsp3) is 0.400. The Morgan fingerprint density at radius 2 is 2.22 bits per heavy atom. The number of hydrogen-bond acceptors (Lipinski definition) is 5. The Morgan fingerprint density at radius 3 is 2.94 bits per heavy atom. The lowest BCUT2D eigenvalue weighted by Gasteiger charge is -2.06. The first-order valence-electron chi connectivity index (χ1n) is 5.45. The van der Waals surface area contributed by atoms with Gasteiger partial charge in [-0.15, -0.1) is 5.10 Å². The molecule has 0 saturated heterocycles. The van der Waals surface area contributed by atoms with E-state index in [2.05, 4.69) is 15.3 Å². The molecule has 2 rings (SSSR count). The highest BCUT2D eigenvalue weighted by atomic mass is 32.2. The van der Waals surface area contributed by atoms with Gasteiger partial charge in [-0.1, -0.05) is 17.0 Å². The molecule has 2 aromatic heterocycles. The zero-order valence-electron chi connectivity index (χ0n) is 9.64. The third-order valence-electron chi connectivity index (χ3n) is 2.26. The number of imidazole rings is 1. The number of aliphatic carboxylic acids is 1. The van der Waals surface area contributed by atoms with E-state index in [1.807, 2.05) is 17.0 Å². The van der Waals surface area contributed by atoms with Crippen LogP contribution in [0.1, 0.15) is 6.42 Å². The number of thioether (sulfide) groups is 1. The van der Waals surface area contributed by atoms with Gasteiger partial charge >= 0.3 is 5.97 Å². The molecule has 0 amide bonds. The monoisotopic (exact) mass is 267 g/mol. The third kappa shape index (κ3) is 3.59. The molecule has 0 aliphatic heterocycles. The Morgan fingerprint density at radius 1 is 1.33 bits per heavy atom. The Hall–Kier alpha value is -1.83. The summed E-state index contributed by atoms with van der Waals surface area (Å²) in [4.78, 5) is 14.6. The molecule has 8 heteroatoms. The molecule has 0 aromatic carbocycles. The molecule has 0 atom stereocenters. The Bertz CT molecular complexity index is 496. The van der Waals surface area contributed by atoms with E-state index in [1.165, 1.54) is 11.8 Å². The van der Waals surface area contributed by atoms with E-state index in [1.54, 1.807) is 17.1 Å². The van der Waals surface area contributed by atoms with Crippen LogP contribution in [0, 0.1) is 0 Å². The first-order chi connectivity index (χ1) is 8.75. The molecule has 2 aromatic rings. The highest BCUT2D eigenvalue weighted by Gasteiger charge is 2.06. The summed E-state index contributed by atoms with van der Waals surface area (Å²) >= 11 is 1.23. The van der Waals surface area contributed by atoms with Gasteiger partial charge in [0.05, 0.1) is 11.9 Å². The van der Waals surface area contributed by atoms with Gasteiger partial charge in [-0.25, -0.2) is 4.98 Å². The number of carbonyl (C=O) groups is 1. The SMILES string of the molecule is O=C(O)CSc1nccn1CCCn1ccnn1. The summed E-state index contributed by atoms with van der Waals surface area (Å²) in [5.41, 5.74) is 0. The molecule has 2 heterocycles. The molecule has 0 unspecified atom stereocenters. The minimum atomic E-state index is -0.836. The van der Waals surface area contributed by atoms with Crippen LogP contribution in [-0.2, 0) is 17.9 Å². The summed E-state index contributed by atoms with van der Waals surface area (Å²) < 4.78 is 3.71. The molecule has 0 aliphatic rings. The average molecular weight is 267 g/mol. The molecule has 1 N–H and O–H groups in total. The van der Waals surface area contributed by atoms with Crippen LogP contribution >= 0.6 is 11.8 Å². The van der Waals surface area contributed by atoms with Crippen molar-refractivity contribution < 1.29 is 9.90 Å². The second kappa shape index (κ2) is 6.20.